The number of carbonyl (C=O) groups is 3. The lowest BCUT2D eigenvalue weighted by atomic mass is 10.1. The Balaban J connectivity index is 1.78. The van der Waals surface area contributed by atoms with Crippen LogP contribution in [0.3, 0.4) is 0 Å². The van der Waals surface area contributed by atoms with Crippen LogP contribution >= 0.6 is 11.6 Å². The number of benzene rings is 2. The summed E-state index contributed by atoms with van der Waals surface area (Å²) in [5, 5.41) is 2.71. The normalized spacial score (nSPS) is 16.2. The number of halogens is 1. The highest BCUT2D eigenvalue weighted by molar-refractivity contribution is 6.42. The first-order valence-electron chi connectivity index (χ1n) is 7.70. The van der Waals surface area contributed by atoms with Gasteiger partial charge in [-0.3, -0.25) is 4.79 Å². The molecule has 1 heterocycles. The predicted molar refractivity (Wildman–Crippen MR) is 94.7 cm³/mol. The Bertz CT molecular complexity index is 890. The van der Waals surface area contributed by atoms with E-state index in [1.54, 1.807) is 54.6 Å². The largest absolute Gasteiger partial charge is 0.415 e. The van der Waals surface area contributed by atoms with Gasteiger partial charge in [0.05, 0.1) is 5.56 Å². The summed E-state index contributed by atoms with van der Waals surface area (Å²) in [6, 6.07) is 14.9. The zero-order valence-corrected chi connectivity index (χ0v) is 14.4. The minimum Gasteiger partial charge on any atom is -0.415 e. The average Bonchev–Trinajstić information content (AvgIpc) is 2.90. The topological polar surface area (TPSA) is 81.7 Å². The maximum Gasteiger partial charge on any atom is 0.355 e. The SMILES string of the molecule is CC(=O)c1ccc(NC2=C(Cl)C(=O)O[C@H]2OC(=O)c2ccccc2)cc1. The summed E-state index contributed by atoms with van der Waals surface area (Å²) >= 11 is 5.98. The van der Waals surface area contributed by atoms with Crippen LogP contribution in [0.25, 0.3) is 0 Å². The number of hydrogen-bond acceptors (Lipinski definition) is 6. The number of ketones is 1. The van der Waals surface area contributed by atoms with Crippen LogP contribution in [0.15, 0.2) is 65.3 Å². The molecule has 0 fully saturated rings. The van der Waals surface area contributed by atoms with Gasteiger partial charge in [-0.2, -0.15) is 0 Å². The highest BCUT2D eigenvalue weighted by Crippen LogP contribution is 2.28. The zero-order chi connectivity index (χ0) is 18.7. The van der Waals surface area contributed by atoms with E-state index in [0.717, 1.165) is 0 Å². The minimum absolute atomic E-state index is 0.0668. The Morgan fingerprint density at radius 1 is 1.04 bits per heavy atom. The van der Waals surface area contributed by atoms with Crippen molar-refractivity contribution in [1.82, 2.24) is 0 Å². The molecule has 7 heteroatoms. The highest BCUT2D eigenvalue weighted by Gasteiger charge is 2.36. The van der Waals surface area contributed by atoms with Crippen molar-refractivity contribution in [2.24, 2.45) is 0 Å². The monoisotopic (exact) mass is 371 g/mol. The van der Waals surface area contributed by atoms with E-state index in [1.165, 1.54) is 6.92 Å². The first-order chi connectivity index (χ1) is 12.5. The molecule has 0 bridgehead atoms. The van der Waals surface area contributed by atoms with Crippen molar-refractivity contribution in [3.63, 3.8) is 0 Å². The van der Waals surface area contributed by atoms with Crippen molar-refractivity contribution in [2.75, 3.05) is 5.32 Å². The number of ether oxygens (including phenoxy) is 2. The van der Waals surface area contributed by atoms with Crippen LogP contribution in [-0.2, 0) is 14.3 Å². The van der Waals surface area contributed by atoms with Gasteiger partial charge in [-0.05, 0) is 43.3 Å². The standard InChI is InChI=1S/C19H14ClNO5/c1-11(22)12-7-9-14(10-8-12)21-16-15(20)18(24)26-19(16)25-17(23)13-5-3-2-4-6-13/h2-10,19,21H,1H3/t19-/m1/s1. The highest BCUT2D eigenvalue weighted by atomic mass is 35.5. The molecular weight excluding hydrogens is 358 g/mol. The molecule has 3 rings (SSSR count). The van der Waals surface area contributed by atoms with E-state index in [0.29, 0.717) is 16.8 Å². The molecule has 26 heavy (non-hydrogen) atoms. The fourth-order valence-electron chi connectivity index (χ4n) is 2.30. The van der Waals surface area contributed by atoms with Crippen LogP contribution in [0, 0.1) is 0 Å². The third-order valence-corrected chi connectivity index (χ3v) is 4.02. The molecule has 1 aliphatic heterocycles. The van der Waals surface area contributed by atoms with Crippen LogP contribution in [0.2, 0.25) is 0 Å². The molecule has 0 unspecified atom stereocenters. The summed E-state index contributed by atoms with van der Waals surface area (Å²) in [7, 11) is 0. The summed E-state index contributed by atoms with van der Waals surface area (Å²) < 4.78 is 10.3. The molecule has 0 aliphatic carbocycles. The van der Waals surface area contributed by atoms with Crippen molar-refractivity contribution in [1.29, 1.82) is 0 Å². The molecule has 0 saturated heterocycles. The lowest BCUT2D eigenvalue weighted by Crippen LogP contribution is -2.24. The predicted octanol–water partition coefficient (Wildman–Crippen LogP) is 3.49. The summed E-state index contributed by atoms with van der Waals surface area (Å²) in [6.07, 6.45) is -1.28. The fraction of sp³-hybridized carbons (Fsp3) is 0.105. The number of carbonyl (C=O) groups excluding carboxylic acids is 3. The van der Waals surface area contributed by atoms with Gasteiger partial charge in [0.15, 0.2) is 10.8 Å². The molecule has 6 nitrogen and oxygen atoms in total. The Morgan fingerprint density at radius 3 is 2.31 bits per heavy atom. The van der Waals surface area contributed by atoms with E-state index in [9.17, 15) is 14.4 Å². The van der Waals surface area contributed by atoms with Crippen molar-refractivity contribution in [3.8, 4) is 0 Å². The Labute approximate surface area is 154 Å². The maximum absolute atomic E-state index is 12.2. The number of Topliss-reactive ketones (excluding diaryl/α,β-unsaturated/α-hetero) is 1. The molecule has 1 atom stereocenters. The summed E-state index contributed by atoms with van der Waals surface area (Å²) in [4.78, 5) is 35.3. The Kier molecular flexibility index (Phi) is 5.04. The van der Waals surface area contributed by atoms with Gasteiger partial charge in [0.1, 0.15) is 5.70 Å². The molecule has 2 aromatic rings. The Morgan fingerprint density at radius 2 is 1.69 bits per heavy atom. The lowest BCUT2D eigenvalue weighted by Gasteiger charge is -2.16. The van der Waals surface area contributed by atoms with E-state index in [1.807, 2.05) is 0 Å². The summed E-state index contributed by atoms with van der Waals surface area (Å²) in [5.41, 5.74) is 1.54. The van der Waals surface area contributed by atoms with Crippen molar-refractivity contribution >= 4 is 35.0 Å². The molecule has 0 amide bonds. The van der Waals surface area contributed by atoms with E-state index < -0.39 is 18.2 Å². The minimum atomic E-state index is -1.28. The Hall–Kier alpha value is -3.12. The molecule has 2 aromatic carbocycles. The second-order valence-corrected chi connectivity index (χ2v) is 5.87. The van der Waals surface area contributed by atoms with Crippen LogP contribution in [0.1, 0.15) is 27.6 Å². The molecule has 0 saturated carbocycles. The van der Waals surface area contributed by atoms with Crippen molar-refractivity contribution < 1.29 is 23.9 Å². The third kappa shape index (κ3) is 3.75. The second kappa shape index (κ2) is 7.41. The van der Waals surface area contributed by atoms with Gasteiger partial charge in [-0.25, -0.2) is 9.59 Å². The second-order valence-electron chi connectivity index (χ2n) is 5.49. The maximum atomic E-state index is 12.2. The number of anilines is 1. The zero-order valence-electron chi connectivity index (χ0n) is 13.7. The van der Waals surface area contributed by atoms with Gasteiger partial charge in [0, 0.05) is 11.3 Å². The van der Waals surface area contributed by atoms with Gasteiger partial charge in [-0.1, -0.05) is 29.8 Å². The van der Waals surface area contributed by atoms with Gasteiger partial charge < -0.3 is 14.8 Å². The van der Waals surface area contributed by atoms with E-state index in [-0.39, 0.29) is 16.5 Å². The first kappa shape index (κ1) is 17.7. The molecule has 0 spiro atoms. The summed E-state index contributed by atoms with van der Waals surface area (Å²) in [5.74, 6) is -1.51. The van der Waals surface area contributed by atoms with Gasteiger partial charge in [0.2, 0.25) is 0 Å². The molecule has 132 valence electrons. The lowest BCUT2D eigenvalue weighted by molar-refractivity contribution is -0.152. The fourth-order valence-corrected chi connectivity index (χ4v) is 2.48. The van der Waals surface area contributed by atoms with Crippen molar-refractivity contribution in [2.45, 2.75) is 13.2 Å². The first-order valence-corrected chi connectivity index (χ1v) is 8.08. The van der Waals surface area contributed by atoms with E-state index >= 15 is 0 Å². The molecule has 0 radical (unpaired) electrons. The molecule has 1 aliphatic rings. The number of rotatable bonds is 5. The van der Waals surface area contributed by atoms with Gasteiger partial charge in [-0.15, -0.1) is 0 Å². The smallest absolute Gasteiger partial charge is 0.355 e. The van der Waals surface area contributed by atoms with Crippen LogP contribution in [0.5, 0.6) is 0 Å². The average molecular weight is 372 g/mol. The van der Waals surface area contributed by atoms with Gasteiger partial charge in [0.25, 0.3) is 6.29 Å². The third-order valence-electron chi connectivity index (χ3n) is 3.66. The van der Waals surface area contributed by atoms with E-state index in [2.05, 4.69) is 5.32 Å². The number of hydrogen-bond donors (Lipinski definition) is 1. The number of nitrogens with one attached hydrogen (secondary N) is 1. The molecule has 1 N–H and O–H groups in total. The van der Waals surface area contributed by atoms with Crippen LogP contribution < -0.4 is 5.32 Å². The van der Waals surface area contributed by atoms with Crippen molar-refractivity contribution in [3.05, 3.63) is 76.5 Å². The number of cyclic esters (lactones) is 1. The van der Waals surface area contributed by atoms with Gasteiger partial charge >= 0.3 is 11.9 Å². The quantitative estimate of drug-likeness (QED) is 0.640. The summed E-state index contributed by atoms with van der Waals surface area (Å²) in [6.45, 7) is 1.46. The van der Waals surface area contributed by atoms with Crippen LogP contribution in [0.4, 0.5) is 5.69 Å². The van der Waals surface area contributed by atoms with Crippen LogP contribution in [-0.4, -0.2) is 24.0 Å². The number of esters is 2. The molecule has 0 aromatic heterocycles. The molecular formula is C19H14ClNO5. The van der Waals surface area contributed by atoms with E-state index in [4.69, 9.17) is 21.1 Å².